The summed E-state index contributed by atoms with van der Waals surface area (Å²) < 4.78 is 0. The first kappa shape index (κ1) is 18.7. The lowest BCUT2D eigenvalue weighted by molar-refractivity contribution is -0.111. The molecule has 5 rings (SSSR count). The minimum absolute atomic E-state index is 0.172. The summed E-state index contributed by atoms with van der Waals surface area (Å²) in [7, 11) is 0. The maximum absolute atomic E-state index is 12.4. The summed E-state index contributed by atoms with van der Waals surface area (Å²) in [6, 6.07) is 18.2. The average Bonchev–Trinajstić information content (AvgIpc) is 3.19. The van der Waals surface area contributed by atoms with Crippen molar-refractivity contribution in [3.8, 4) is 0 Å². The molecule has 0 radical (unpaired) electrons. The summed E-state index contributed by atoms with van der Waals surface area (Å²) in [6.45, 7) is 0. The zero-order valence-electron chi connectivity index (χ0n) is 15.5. The number of anilines is 2. The molecular weight excluding hydrogens is 419 g/mol. The molecule has 30 heavy (non-hydrogen) atoms. The van der Waals surface area contributed by atoms with Gasteiger partial charge >= 0.3 is 0 Å². The summed E-state index contributed by atoms with van der Waals surface area (Å²) in [5, 5.41) is 6.83. The third-order valence-corrected chi connectivity index (χ3v) is 5.53. The highest BCUT2D eigenvalue weighted by atomic mass is 35.5. The first-order chi connectivity index (χ1) is 14.5. The largest absolute Gasteiger partial charge is 0.321 e. The van der Waals surface area contributed by atoms with Crippen molar-refractivity contribution in [2.75, 3.05) is 10.6 Å². The highest BCUT2D eigenvalue weighted by Crippen LogP contribution is 2.36. The van der Waals surface area contributed by atoms with Gasteiger partial charge in [0.25, 0.3) is 11.8 Å². The molecule has 3 aromatic carbocycles. The fourth-order valence-corrected chi connectivity index (χ4v) is 4.02. The Bertz CT molecular complexity index is 1210. The number of rotatable bonds is 2. The molecular formula is C24H14Cl2N2O2. The van der Waals surface area contributed by atoms with Crippen LogP contribution in [0.15, 0.2) is 60.7 Å². The average molecular weight is 433 g/mol. The lowest BCUT2D eigenvalue weighted by Gasteiger charge is -2.03. The lowest BCUT2D eigenvalue weighted by atomic mass is 10.0. The Kier molecular flexibility index (Phi) is 4.46. The maximum Gasteiger partial charge on any atom is 0.256 e. The number of carbonyl (C=O) groups is 2. The molecule has 2 heterocycles. The van der Waals surface area contributed by atoms with Crippen LogP contribution in [0.25, 0.3) is 23.3 Å². The zero-order chi connectivity index (χ0) is 20.8. The highest BCUT2D eigenvalue weighted by molar-refractivity contribution is 6.37. The van der Waals surface area contributed by atoms with Gasteiger partial charge in [0.05, 0.1) is 0 Å². The van der Waals surface area contributed by atoms with E-state index in [9.17, 15) is 9.59 Å². The number of fused-ring (bicyclic) bond motifs is 2. The Hall–Kier alpha value is -3.34. The molecule has 0 atom stereocenters. The summed E-state index contributed by atoms with van der Waals surface area (Å²) in [5.41, 5.74) is 5.81. The predicted octanol–water partition coefficient (Wildman–Crippen LogP) is 5.98. The van der Waals surface area contributed by atoms with E-state index in [2.05, 4.69) is 10.6 Å². The van der Waals surface area contributed by atoms with Crippen molar-refractivity contribution in [1.29, 1.82) is 0 Å². The Morgan fingerprint density at radius 3 is 1.57 bits per heavy atom. The van der Waals surface area contributed by atoms with Crippen molar-refractivity contribution in [3.05, 3.63) is 93.0 Å². The lowest BCUT2D eigenvalue weighted by Crippen LogP contribution is -2.03. The van der Waals surface area contributed by atoms with Crippen molar-refractivity contribution in [2.24, 2.45) is 0 Å². The van der Waals surface area contributed by atoms with Crippen LogP contribution in [0.4, 0.5) is 11.4 Å². The van der Waals surface area contributed by atoms with Crippen molar-refractivity contribution < 1.29 is 9.59 Å². The van der Waals surface area contributed by atoms with Crippen molar-refractivity contribution in [1.82, 2.24) is 0 Å². The Morgan fingerprint density at radius 2 is 1.10 bits per heavy atom. The molecule has 6 heteroatoms. The van der Waals surface area contributed by atoms with Crippen LogP contribution in [-0.2, 0) is 9.59 Å². The van der Waals surface area contributed by atoms with Gasteiger partial charge in [0.2, 0.25) is 0 Å². The van der Waals surface area contributed by atoms with Crippen LogP contribution in [0.1, 0.15) is 22.3 Å². The van der Waals surface area contributed by atoms with E-state index in [1.165, 1.54) is 0 Å². The number of nitrogens with one attached hydrogen (secondary N) is 2. The molecule has 0 fully saturated rings. The van der Waals surface area contributed by atoms with E-state index < -0.39 is 0 Å². The van der Waals surface area contributed by atoms with E-state index in [0.29, 0.717) is 21.2 Å². The smallest absolute Gasteiger partial charge is 0.256 e. The predicted molar refractivity (Wildman–Crippen MR) is 122 cm³/mol. The second-order valence-corrected chi connectivity index (χ2v) is 7.95. The molecule has 0 spiro atoms. The van der Waals surface area contributed by atoms with Gasteiger partial charge in [-0.05, 0) is 65.7 Å². The van der Waals surface area contributed by atoms with Gasteiger partial charge in [0, 0.05) is 43.7 Å². The fourth-order valence-electron chi connectivity index (χ4n) is 3.68. The second-order valence-electron chi connectivity index (χ2n) is 7.07. The fraction of sp³-hybridized carbons (Fsp3) is 0. The molecule has 2 aliphatic rings. The van der Waals surface area contributed by atoms with Crippen LogP contribution in [0.2, 0.25) is 10.0 Å². The molecule has 0 unspecified atom stereocenters. The number of hydrogen-bond donors (Lipinski definition) is 2. The number of amides is 2. The standard InChI is InChI=1S/C24H14Cl2N2O2/c25-15-4-6-21-17(11-15)19(23(29)27-21)9-13-2-1-3-14(8-13)10-20-18-12-16(26)5-7-22(18)28-24(20)30/h1-12H,(H,27,29)(H,28,30)/b19-9-,20-10-. The van der Waals surface area contributed by atoms with Gasteiger partial charge in [-0.25, -0.2) is 0 Å². The number of halogens is 2. The molecule has 2 N–H and O–H groups in total. The Balaban J connectivity index is 1.54. The van der Waals surface area contributed by atoms with Crippen LogP contribution >= 0.6 is 23.2 Å². The summed E-state index contributed by atoms with van der Waals surface area (Å²) in [6.07, 6.45) is 3.64. The van der Waals surface area contributed by atoms with Gasteiger partial charge in [-0.15, -0.1) is 0 Å². The maximum atomic E-state index is 12.4. The van der Waals surface area contributed by atoms with E-state index in [1.807, 2.05) is 36.4 Å². The van der Waals surface area contributed by atoms with E-state index >= 15 is 0 Å². The van der Waals surface area contributed by atoms with Crippen molar-refractivity contribution >= 4 is 69.7 Å². The Morgan fingerprint density at radius 1 is 0.633 bits per heavy atom. The zero-order valence-corrected chi connectivity index (χ0v) is 17.0. The molecule has 0 saturated carbocycles. The highest BCUT2D eigenvalue weighted by Gasteiger charge is 2.25. The number of carbonyl (C=O) groups excluding carboxylic acids is 2. The van der Waals surface area contributed by atoms with Crippen molar-refractivity contribution in [3.63, 3.8) is 0 Å². The monoisotopic (exact) mass is 432 g/mol. The van der Waals surface area contributed by atoms with Gasteiger partial charge < -0.3 is 10.6 Å². The topological polar surface area (TPSA) is 58.2 Å². The molecule has 0 aliphatic carbocycles. The first-order valence-corrected chi connectivity index (χ1v) is 9.99. The van der Waals surface area contributed by atoms with Gasteiger partial charge in [0.1, 0.15) is 0 Å². The SMILES string of the molecule is O=C1Nc2ccc(Cl)cc2/C1=C/c1cccc(/C=C2\C(=O)Nc3ccc(Cl)cc32)c1. The van der Waals surface area contributed by atoms with E-state index in [4.69, 9.17) is 23.2 Å². The molecule has 4 nitrogen and oxygen atoms in total. The van der Waals surface area contributed by atoms with Crippen LogP contribution in [-0.4, -0.2) is 11.8 Å². The molecule has 2 amide bonds. The molecule has 0 saturated heterocycles. The third kappa shape index (κ3) is 3.30. The van der Waals surface area contributed by atoms with Gasteiger partial charge in [0.15, 0.2) is 0 Å². The molecule has 2 aliphatic heterocycles. The molecule has 3 aromatic rings. The Labute approximate surface area is 182 Å². The second kappa shape index (κ2) is 7.17. The normalized spacial score (nSPS) is 17.1. The van der Waals surface area contributed by atoms with Crippen LogP contribution in [0, 0.1) is 0 Å². The van der Waals surface area contributed by atoms with Crippen LogP contribution in [0.3, 0.4) is 0 Å². The van der Waals surface area contributed by atoms with Gasteiger partial charge in [-0.2, -0.15) is 0 Å². The van der Waals surface area contributed by atoms with E-state index in [-0.39, 0.29) is 11.8 Å². The van der Waals surface area contributed by atoms with Crippen LogP contribution in [0.5, 0.6) is 0 Å². The summed E-state index contributed by atoms with van der Waals surface area (Å²) in [4.78, 5) is 24.8. The summed E-state index contributed by atoms with van der Waals surface area (Å²) in [5.74, 6) is -0.343. The van der Waals surface area contributed by atoms with E-state index in [0.717, 1.165) is 33.6 Å². The third-order valence-electron chi connectivity index (χ3n) is 5.06. The van der Waals surface area contributed by atoms with Gasteiger partial charge in [-0.1, -0.05) is 41.4 Å². The molecule has 146 valence electrons. The minimum atomic E-state index is -0.172. The number of hydrogen-bond acceptors (Lipinski definition) is 2. The first-order valence-electron chi connectivity index (χ1n) is 9.24. The molecule has 0 bridgehead atoms. The molecule has 0 aromatic heterocycles. The summed E-state index contributed by atoms with van der Waals surface area (Å²) >= 11 is 12.2. The van der Waals surface area contributed by atoms with Crippen molar-refractivity contribution in [2.45, 2.75) is 0 Å². The minimum Gasteiger partial charge on any atom is -0.321 e. The van der Waals surface area contributed by atoms with Crippen LogP contribution < -0.4 is 10.6 Å². The quantitative estimate of drug-likeness (QED) is 0.489. The van der Waals surface area contributed by atoms with E-state index in [1.54, 1.807) is 36.4 Å². The number of benzene rings is 3. The van der Waals surface area contributed by atoms with Gasteiger partial charge in [-0.3, -0.25) is 9.59 Å².